The highest BCUT2D eigenvalue weighted by Gasteiger charge is 2.20. The van der Waals surface area contributed by atoms with Crippen LogP contribution in [0.3, 0.4) is 0 Å². The van der Waals surface area contributed by atoms with Crippen molar-refractivity contribution in [1.29, 1.82) is 0 Å². The molecule has 0 aliphatic carbocycles. The molecule has 4 heteroatoms. The third-order valence-electron chi connectivity index (χ3n) is 6.65. The van der Waals surface area contributed by atoms with Crippen LogP contribution in [0, 0.1) is 6.92 Å². The second-order valence-electron chi connectivity index (χ2n) is 9.50. The van der Waals surface area contributed by atoms with E-state index in [9.17, 15) is 9.90 Å². The van der Waals surface area contributed by atoms with Gasteiger partial charge in [-0.2, -0.15) is 0 Å². The van der Waals surface area contributed by atoms with E-state index in [1.807, 2.05) is 54.6 Å². The lowest BCUT2D eigenvalue weighted by Gasteiger charge is -2.16. The van der Waals surface area contributed by atoms with Gasteiger partial charge in [0.15, 0.2) is 6.10 Å². The molecule has 35 heavy (non-hydrogen) atoms. The van der Waals surface area contributed by atoms with Crippen LogP contribution in [0.25, 0.3) is 11.3 Å². The molecule has 3 aromatic rings. The molecule has 1 N–H and O–H groups in total. The lowest BCUT2D eigenvalue weighted by molar-refractivity contribution is -0.145. The van der Waals surface area contributed by atoms with Gasteiger partial charge < -0.3 is 14.4 Å². The SMILES string of the molecule is CCCCCCCCCCCn1c(C)ccc1-c1ccc(O[C@H](Cc2ccccc2)C(=O)O)cc1. The zero-order valence-electron chi connectivity index (χ0n) is 21.4. The number of hydrogen-bond acceptors (Lipinski definition) is 2. The second kappa shape index (κ2) is 14.4. The first kappa shape index (κ1) is 26.6. The van der Waals surface area contributed by atoms with Crippen LogP contribution in [0.15, 0.2) is 66.7 Å². The van der Waals surface area contributed by atoms with Crippen LogP contribution in [-0.2, 0) is 17.8 Å². The van der Waals surface area contributed by atoms with Crippen molar-refractivity contribution in [3.8, 4) is 17.0 Å². The Morgan fingerprint density at radius 1 is 0.829 bits per heavy atom. The monoisotopic (exact) mass is 475 g/mol. The maximum absolute atomic E-state index is 11.7. The van der Waals surface area contributed by atoms with Crippen molar-refractivity contribution in [2.75, 3.05) is 0 Å². The van der Waals surface area contributed by atoms with E-state index >= 15 is 0 Å². The number of aryl methyl sites for hydroxylation is 1. The van der Waals surface area contributed by atoms with Crippen molar-refractivity contribution < 1.29 is 14.6 Å². The molecule has 0 aliphatic rings. The Morgan fingerprint density at radius 3 is 2.09 bits per heavy atom. The van der Waals surface area contributed by atoms with E-state index < -0.39 is 12.1 Å². The van der Waals surface area contributed by atoms with E-state index in [0.29, 0.717) is 12.2 Å². The minimum atomic E-state index is -0.955. The lowest BCUT2D eigenvalue weighted by atomic mass is 10.1. The molecular weight excluding hydrogens is 434 g/mol. The van der Waals surface area contributed by atoms with Crippen LogP contribution in [0.4, 0.5) is 0 Å². The van der Waals surface area contributed by atoms with Gasteiger partial charge in [-0.1, -0.05) is 88.6 Å². The van der Waals surface area contributed by atoms with Crippen LogP contribution in [0.1, 0.15) is 76.0 Å². The quantitative estimate of drug-likeness (QED) is 0.213. The highest BCUT2D eigenvalue weighted by Crippen LogP contribution is 2.26. The summed E-state index contributed by atoms with van der Waals surface area (Å²) in [7, 11) is 0. The van der Waals surface area contributed by atoms with Gasteiger partial charge in [-0.25, -0.2) is 4.79 Å². The summed E-state index contributed by atoms with van der Waals surface area (Å²) < 4.78 is 8.23. The van der Waals surface area contributed by atoms with Crippen molar-refractivity contribution in [3.05, 3.63) is 78.0 Å². The summed E-state index contributed by atoms with van der Waals surface area (Å²) in [6.45, 7) is 5.46. The van der Waals surface area contributed by atoms with E-state index in [0.717, 1.165) is 17.7 Å². The Balaban J connectivity index is 1.53. The van der Waals surface area contributed by atoms with Crippen molar-refractivity contribution in [3.63, 3.8) is 0 Å². The number of carboxylic acids is 1. The number of ether oxygens (including phenoxy) is 1. The van der Waals surface area contributed by atoms with Gasteiger partial charge >= 0.3 is 5.97 Å². The molecule has 188 valence electrons. The molecule has 0 amide bonds. The molecule has 0 bridgehead atoms. The second-order valence-corrected chi connectivity index (χ2v) is 9.50. The first-order valence-electron chi connectivity index (χ1n) is 13.3. The predicted molar refractivity (Wildman–Crippen MR) is 144 cm³/mol. The molecule has 4 nitrogen and oxygen atoms in total. The molecule has 0 aliphatic heterocycles. The minimum Gasteiger partial charge on any atom is -0.478 e. The molecule has 0 radical (unpaired) electrons. The van der Waals surface area contributed by atoms with Crippen molar-refractivity contribution in [1.82, 2.24) is 4.57 Å². The number of nitrogens with zero attached hydrogens (tertiary/aromatic N) is 1. The molecule has 1 heterocycles. The van der Waals surface area contributed by atoms with Gasteiger partial charge in [0.1, 0.15) is 5.75 Å². The number of aromatic nitrogens is 1. The zero-order chi connectivity index (χ0) is 24.9. The van der Waals surface area contributed by atoms with Gasteiger partial charge in [-0.05, 0) is 60.9 Å². The highest BCUT2D eigenvalue weighted by atomic mass is 16.5. The Morgan fingerprint density at radius 2 is 1.46 bits per heavy atom. The number of unbranched alkanes of at least 4 members (excludes halogenated alkanes) is 8. The van der Waals surface area contributed by atoms with Gasteiger partial charge in [0.2, 0.25) is 0 Å². The molecule has 3 rings (SSSR count). The fourth-order valence-corrected chi connectivity index (χ4v) is 4.58. The minimum absolute atomic E-state index is 0.332. The maximum Gasteiger partial charge on any atom is 0.345 e. The molecule has 0 fully saturated rings. The largest absolute Gasteiger partial charge is 0.478 e. The maximum atomic E-state index is 11.7. The number of rotatable bonds is 16. The van der Waals surface area contributed by atoms with Crippen molar-refractivity contribution >= 4 is 5.97 Å². The Hall–Kier alpha value is -3.01. The van der Waals surface area contributed by atoms with Crippen LogP contribution in [-0.4, -0.2) is 21.7 Å². The van der Waals surface area contributed by atoms with Gasteiger partial charge in [0, 0.05) is 24.4 Å². The molecule has 0 saturated carbocycles. The average molecular weight is 476 g/mol. The van der Waals surface area contributed by atoms with Crippen LogP contribution < -0.4 is 4.74 Å². The van der Waals surface area contributed by atoms with Gasteiger partial charge in [-0.15, -0.1) is 0 Å². The van der Waals surface area contributed by atoms with E-state index in [-0.39, 0.29) is 0 Å². The van der Waals surface area contributed by atoms with Crippen molar-refractivity contribution in [2.24, 2.45) is 0 Å². The Labute approximate surface area is 211 Å². The molecule has 1 atom stereocenters. The summed E-state index contributed by atoms with van der Waals surface area (Å²) in [6, 6.07) is 21.7. The summed E-state index contributed by atoms with van der Waals surface area (Å²) in [4.78, 5) is 11.7. The third kappa shape index (κ3) is 8.61. The van der Waals surface area contributed by atoms with Crippen LogP contribution in [0.5, 0.6) is 5.75 Å². The molecular formula is C31H41NO3. The van der Waals surface area contributed by atoms with Crippen molar-refractivity contribution in [2.45, 2.75) is 90.7 Å². The number of benzene rings is 2. The first-order chi connectivity index (χ1) is 17.1. The summed E-state index contributed by atoms with van der Waals surface area (Å²) in [5, 5.41) is 9.62. The lowest BCUT2D eigenvalue weighted by Crippen LogP contribution is -2.29. The molecule has 0 spiro atoms. The first-order valence-corrected chi connectivity index (χ1v) is 13.3. The normalized spacial score (nSPS) is 11.9. The standard InChI is InChI=1S/C31H41NO3/c1-3-4-5-6-7-8-9-10-14-23-32-25(2)17-22-29(32)27-18-20-28(21-19-27)35-30(31(33)34)24-26-15-12-11-13-16-26/h11-13,15-22,30H,3-10,14,23-24H2,1-2H3,(H,33,34)/t30-/m1/s1. The number of carbonyl (C=O) groups is 1. The Bertz CT molecular complexity index is 1010. The van der Waals surface area contributed by atoms with E-state index in [1.54, 1.807) is 0 Å². The topological polar surface area (TPSA) is 51.5 Å². The third-order valence-corrected chi connectivity index (χ3v) is 6.65. The number of aliphatic carboxylic acids is 1. The summed E-state index contributed by atoms with van der Waals surface area (Å²) in [6.07, 6.45) is 11.4. The number of carboxylic acid groups (broad SMARTS) is 1. The molecule has 0 unspecified atom stereocenters. The highest BCUT2D eigenvalue weighted by molar-refractivity contribution is 5.73. The smallest absolute Gasteiger partial charge is 0.345 e. The Kier molecular flexibility index (Phi) is 10.9. The molecule has 2 aromatic carbocycles. The van der Waals surface area contributed by atoms with Crippen LogP contribution in [0.2, 0.25) is 0 Å². The average Bonchev–Trinajstić information content (AvgIpc) is 3.23. The molecule has 0 saturated heterocycles. The molecule has 1 aromatic heterocycles. The van der Waals surface area contributed by atoms with Gasteiger partial charge in [0.25, 0.3) is 0 Å². The number of hydrogen-bond donors (Lipinski definition) is 1. The van der Waals surface area contributed by atoms with Gasteiger partial charge in [-0.3, -0.25) is 0 Å². The summed E-state index contributed by atoms with van der Waals surface area (Å²) in [5.41, 5.74) is 4.54. The fourth-order valence-electron chi connectivity index (χ4n) is 4.58. The summed E-state index contributed by atoms with van der Waals surface area (Å²) >= 11 is 0. The summed E-state index contributed by atoms with van der Waals surface area (Å²) in [5.74, 6) is -0.380. The van der Waals surface area contributed by atoms with E-state index in [4.69, 9.17) is 4.74 Å². The fraction of sp³-hybridized carbons (Fsp3) is 0.452. The van der Waals surface area contributed by atoms with Crippen LogP contribution >= 0.6 is 0 Å². The zero-order valence-corrected chi connectivity index (χ0v) is 21.4. The van der Waals surface area contributed by atoms with E-state index in [1.165, 1.54) is 69.2 Å². The predicted octanol–water partition coefficient (Wildman–Crippen LogP) is 8.07. The van der Waals surface area contributed by atoms with E-state index in [2.05, 4.69) is 30.5 Å². The van der Waals surface area contributed by atoms with Gasteiger partial charge in [0.05, 0.1) is 0 Å².